The summed E-state index contributed by atoms with van der Waals surface area (Å²) in [5.41, 5.74) is -3.28. The van der Waals surface area contributed by atoms with Crippen LogP contribution in [0.2, 0.25) is 0 Å². The molecule has 0 aromatic carbocycles. The Morgan fingerprint density at radius 2 is 1.44 bits per heavy atom. The SMILES string of the molecule is CC12CC3CC(C1)CC([N+](=O)[O-])(C3)C2(C)[N+](=O)[O-]. The molecule has 4 bridgehead atoms. The minimum absolute atomic E-state index is 0.306. The summed E-state index contributed by atoms with van der Waals surface area (Å²) in [4.78, 5) is 22.6. The predicted octanol–water partition coefficient (Wildman–Crippen LogP) is 2.27. The molecule has 0 aliphatic heterocycles. The van der Waals surface area contributed by atoms with E-state index in [0.717, 1.165) is 19.3 Å². The van der Waals surface area contributed by atoms with Crippen LogP contribution in [0.1, 0.15) is 46.0 Å². The highest BCUT2D eigenvalue weighted by molar-refractivity contribution is 5.19. The van der Waals surface area contributed by atoms with Gasteiger partial charge in [-0.2, -0.15) is 0 Å². The van der Waals surface area contributed by atoms with Gasteiger partial charge in [0.2, 0.25) is 0 Å². The van der Waals surface area contributed by atoms with Gasteiger partial charge in [0.25, 0.3) is 11.1 Å². The molecule has 3 atom stereocenters. The van der Waals surface area contributed by atoms with Crippen molar-refractivity contribution >= 4 is 0 Å². The van der Waals surface area contributed by atoms with Gasteiger partial charge in [-0.3, -0.25) is 20.2 Å². The molecule has 6 nitrogen and oxygen atoms in total. The molecule has 0 radical (unpaired) electrons. The van der Waals surface area contributed by atoms with Gasteiger partial charge in [-0.25, -0.2) is 0 Å². The van der Waals surface area contributed by atoms with Crippen LogP contribution in [0.15, 0.2) is 0 Å². The molecule has 100 valence electrons. The van der Waals surface area contributed by atoms with Crippen LogP contribution in [0, 0.1) is 37.5 Å². The van der Waals surface area contributed by atoms with E-state index in [1.54, 1.807) is 0 Å². The average Bonchev–Trinajstić information content (AvgIpc) is 2.23. The Morgan fingerprint density at radius 3 is 1.83 bits per heavy atom. The fraction of sp³-hybridized carbons (Fsp3) is 1.00. The van der Waals surface area contributed by atoms with Crippen molar-refractivity contribution in [3.8, 4) is 0 Å². The van der Waals surface area contributed by atoms with Crippen LogP contribution < -0.4 is 0 Å². The first-order valence-corrected chi connectivity index (χ1v) is 6.54. The van der Waals surface area contributed by atoms with Crippen LogP contribution in [-0.4, -0.2) is 20.9 Å². The summed E-state index contributed by atoms with van der Waals surface area (Å²) in [6.45, 7) is 3.42. The number of nitrogens with zero attached hydrogens (tertiary/aromatic N) is 2. The Bertz CT molecular complexity index is 435. The molecule has 0 amide bonds. The molecular weight excluding hydrogens is 236 g/mol. The minimum Gasteiger partial charge on any atom is -0.264 e. The molecule has 0 spiro atoms. The standard InChI is InChI=1S/C12H18N2O4/c1-10-4-8-3-9(5-10)7-12(6-8,14(17)18)11(10,2)13(15)16/h8-9H,3-7H2,1-2H3. The molecule has 4 rings (SSSR count). The summed E-state index contributed by atoms with van der Waals surface area (Å²) >= 11 is 0. The fourth-order valence-corrected chi connectivity index (χ4v) is 5.42. The Labute approximate surface area is 105 Å². The van der Waals surface area contributed by atoms with Gasteiger partial charge in [-0.15, -0.1) is 0 Å². The van der Waals surface area contributed by atoms with Gasteiger partial charge in [-0.1, -0.05) is 6.92 Å². The van der Waals surface area contributed by atoms with Crippen molar-refractivity contribution in [1.29, 1.82) is 0 Å². The Balaban J connectivity index is 2.22. The molecule has 0 saturated heterocycles. The van der Waals surface area contributed by atoms with Crippen molar-refractivity contribution in [1.82, 2.24) is 0 Å². The zero-order valence-electron chi connectivity index (χ0n) is 10.7. The highest BCUT2D eigenvalue weighted by Gasteiger charge is 2.82. The molecule has 0 heterocycles. The number of nitro groups is 2. The molecule has 0 aromatic rings. The largest absolute Gasteiger partial charge is 0.292 e. The normalized spacial score (nSPS) is 53.4. The second kappa shape index (κ2) is 3.03. The lowest BCUT2D eigenvalue weighted by Gasteiger charge is -2.61. The van der Waals surface area contributed by atoms with E-state index in [0.29, 0.717) is 24.7 Å². The van der Waals surface area contributed by atoms with E-state index in [1.807, 2.05) is 6.92 Å². The highest BCUT2D eigenvalue weighted by atomic mass is 16.7. The van der Waals surface area contributed by atoms with E-state index in [4.69, 9.17) is 0 Å². The first-order chi connectivity index (χ1) is 8.25. The zero-order valence-corrected chi connectivity index (χ0v) is 10.7. The number of rotatable bonds is 2. The molecular formula is C12H18N2O4. The van der Waals surface area contributed by atoms with Crippen molar-refractivity contribution in [2.24, 2.45) is 17.3 Å². The molecule has 18 heavy (non-hydrogen) atoms. The van der Waals surface area contributed by atoms with Crippen LogP contribution in [0.5, 0.6) is 0 Å². The van der Waals surface area contributed by atoms with E-state index in [2.05, 4.69) is 0 Å². The van der Waals surface area contributed by atoms with E-state index in [1.165, 1.54) is 6.92 Å². The van der Waals surface area contributed by atoms with Gasteiger partial charge in [0.1, 0.15) is 0 Å². The van der Waals surface area contributed by atoms with Gasteiger partial charge in [0.05, 0.1) is 0 Å². The lowest BCUT2D eigenvalue weighted by Crippen LogP contribution is -2.77. The first-order valence-electron chi connectivity index (χ1n) is 6.54. The van der Waals surface area contributed by atoms with Gasteiger partial charge in [0.15, 0.2) is 0 Å². The molecule has 4 saturated carbocycles. The van der Waals surface area contributed by atoms with E-state index in [-0.39, 0.29) is 9.85 Å². The third-order valence-corrected chi connectivity index (χ3v) is 6.19. The fourth-order valence-electron chi connectivity index (χ4n) is 5.42. The van der Waals surface area contributed by atoms with Crippen molar-refractivity contribution in [3.63, 3.8) is 0 Å². The lowest BCUT2D eigenvalue weighted by atomic mass is 9.40. The van der Waals surface area contributed by atoms with Crippen molar-refractivity contribution in [2.45, 2.75) is 57.0 Å². The third-order valence-electron chi connectivity index (χ3n) is 6.19. The van der Waals surface area contributed by atoms with Crippen molar-refractivity contribution < 1.29 is 9.85 Å². The molecule has 3 unspecified atom stereocenters. The smallest absolute Gasteiger partial charge is 0.264 e. The van der Waals surface area contributed by atoms with Crippen molar-refractivity contribution in [2.75, 3.05) is 0 Å². The summed E-state index contributed by atoms with van der Waals surface area (Å²) in [6, 6.07) is 0. The van der Waals surface area contributed by atoms with Crippen molar-refractivity contribution in [3.05, 3.63) is 20.2 Å². The Hall–Kier alpha value is -1.20. The van der Waals surface area contributed by atoms with E-state index >= 15 is 0 Å². The molecule has 0 aromatic heterocycles. The maximum Gasteiger partial charge on any atom is 0.292 e. The second-order valence-corrected chi connectivity index (χ2v) is 6.96. The number of hydrogen-bond donors (Lipinski definition) is 0. The predicted molar refractivity (Wildman–Crippen MR) is 63.3 cm³/mol. The Kier molecular flexibility index (Phi) is 2.00. The molecule has 4 aliphatic carbocycles. The Morgan fingerprint density at radius 1 is 0.944 bits per heavy atom. The van der Waals surface area contributed by atoms with E-state index in [9.17, 15) is 20.2 Å². The highest BCUT2D eigenvalue weighted by Crippen LogP contribution is 2.67. The zero-order chi connectivity index (χ0) is 13.3. The van der Waals surface area contributed by atoms with Gasteiger partial charge >= 0.3 is 0 Å². The molecule has 4 aliphatic rings. The summed E-state index contributed by atoms with van der Waals surface area (Å²) in [6.07, 6.45) is 3.36. The van der Waals surface area contributed by atoms with Crippen LogP contribution in [0.4, 0.5) is 0 Å². The van der Waals surface area contributed by atoms with Gasteiger partial charge in [0, 0.05) is 35.0 Å². The van der Waals surface area contributed by atoms with Crippen LogP contribution in [0.3, 0.4) is 0 Å². The van der Waals surface area contributed by atoms with Crippen LogP contribution >= 0.6 is 0 Å². The number of hydrogen-bond acceptors (Lipinski definition) is 4. The van der Waals surface area contributed by atoms with E-state index < -0.39 is 16.5 Å². The molecule has 0 N–H and O–H groups in total. The average molecular weight is 254 g/mol. The van der Waals surface area contributed by atoms with Gasteiger partial charge in [-0.05, 0) is 31.1 Å². The third kappa shape index (κ3) is 1.01. The maximum absolute atomic E-state index is 11.6. The topological polar surface area (TPSA) is 86.3 Å². The van der Waals surface area contributed by atoms with Crippen LogP contribution in [-0.2, 0) is 0 Å². The summed E-state index contributed by atoms with van der Waals surface area (Å²) in [5.74, 6) is 0.613. The second-order valence-electron chi connectivity index (χ2n) is 6.96. The monoisotopic (exact) mass is 254 g/mol. The molecule has 4 fully saturated rings. The molecule has 6 heteroatoms. The van der Waals surface area contributed by atoms with Gasteiger partial charge < -0.3 is 0 Å². The quantitative estimate of drug-likeness (QED) is 0.558. The lowest BCUT2D eigenvalue weighted by molar-refractivity contribution is -0.715. The summed E-state index contributed by atoms with van der Waals surface area (Å²) < 4.78 is 0. The summed E-state index contributed by atoms with van der Waals surface area (Å²) in [5, 5.41) is 23.2. The first kappa shape index (κ1) is 11.9. The minimum atomic E-state index is -1.42. The van der Waals surface area contributed by atoms with Crippen LogP contribution in [0.25, 0.3) is 0 Å². The summed E-state index contributed by atoms with van der Waals surface area (Å²) in [7, 11) is 0. The maximum atomic E-state index is 11.6.